The third-order valence-electron chi connectivity index (χ3n) is 3.80. The first-order valence-corrected chi connectivity index (χ1v) is 9.34. The van der Waals surface area contributed by atoms with Crippen molar-refractivity contribution in [3.05, 3.63) is 64.7 Å². The third-order valence-corrected chi connectivity index (χ3v) is 4.83. The molecule has 0 saturated heterocycles. The molecule has 0 fully saturated rings. The third kappa shape index (κ3) is 6.63. The van der Waals surface area contributed by atoms with E-state index in [1.54, 1.807) is 11.8 Å². The van der Waals surface area contributed by atoms with Gasteiger partial charge in [0.1, 0.15) is 0 Å². The van der Waals surface area contributed by atoms with E-state index in [2.05, 4.69) is 5.32 Å². The van der Waals surface area contributed by atoms with Gasteiger partial charge in [-0.05, 0) is 42.7 Å². The van der Waals surface area contributed by atoms with Gasteiger partial charge in [-0.3, -0.25) is 9.59 Å². The molecule has 0 atom stereocenters. The number of rotatable bonds is 8. The molecule has 0 aliphatic heterocycles. The van der Waals surface area contributed by atoms with E-state index >= 15 is 0 Å². The molecule has 0 aromatic heterocycles. The van der Waals surface area contributed by atoms with E-state index in [4.69, 9.17) is 5.11 Å². The lowest BCUT2D eigenvalue weighted by Crippen LogP contribution is -2.15. The molecule has 0 saturated carbocycles. The van der Waals surface area contributed by atoms with E-state index in [1.165, 1.54) is 0 Å². The summed E-state index contributed by atoms with van der Waals surface area (Å²) >= 11 is 1.57. The Balaban J connectivity index is 1.91. The number of aryl methyl sites for hydroxylation is 2. The van der Waals surface area contributed by atoms with Gasteiger partial charge in [-0.1, -0.05) is 35.9 Å². The van der Waals surface area contributed by atoms with Gasteiger partial charge < -0.3 is 10.4 Å². The van der Waals surface area contributed by atoms with Crippen LogP contribution in [0.5, 0.6) is 0 Å². The van der Waals surface area contributed by atoms with Crippen LogP contribution in [0.1, 0.15) is 28.7 Å². The molecule has 0 bridgehead atoms. The summed E-state index contributed by atoms with van der Waals surface area (Å²) in [5, 5.41) is 11.6. The highest BCUT2D eigenvalue weighted by molar-refractivity contribution is 7.98. The number of carboxylic acids is 1. The summed E-state index contributed by atoms with van der Waals surface area (Å²) in [6.45, 7) is 4.03. The van der Waals surface area contributed by atoms with Crippen molar-refractivity contribution >= 4 is 29.3 Å². The van der Waals surface area contributed by atoms with Crippen LogP contribution in [0, 0.1) is 13.8 Å². The van der Waals surface area contributed by atoms with Crippen LogP contribution in [0.4, 0.5) is 5.69 Å². The summed E-state index contributed by atoms with van der Waals surface area (Å²) in [6.07, 6.45) is 0.516. The number of benzene rings is 2. The molecule has 0 heterocycles. The van der Waals surface area contributed by atoms with Crippen LogP contribution in [-0.2, 0) is 21.8 Å². The molecule has 2 N–H and O–H groups in total. The number of hydrogen-bond donors (Lipinski definition) is 2. The maximum atomic E-state index is 12.3. The van der Waals surface area contributed by atoms with Gasteiger partial charge in [0.2, 0.25) is 5.91 Å². The van der Waals surface area contributed by atoms with Crippen LogP contribution >= 0.6 is 11.8 Å². The maximum Gasteiger partial charge on any atom is 0.304 e. The highest BCUT2D eigenvalue weighted by Crippen LogP contribution is 2.18. The molecule has 0 spiro atoms. The van der Waals surface area contributed by atoms with Crippen molar-refractivity contribution in [3.63, 3.8) is 0 Å². The Morgan fingerprint density at radius 3 is 2.68 bits per heavy atom. The Hall–Kier alpha value is -2.27. The molecule has 4 nitrogen and oxygen atoms in total. The molecule has 0 aliphatic rings. The van der Waals surface area contributed by atoms with E-state index in [0.29, 0.717) is 12.2 Å². The van der Waals surface area contributed by atoms with Crippen LogP contribution in [-0.4, -0.2) is 22.7 Å². The van der Waals surface area contributed by atoms with Crippen LogP contribution in [0.2, 0.25) is 0 Å². The molecular weight excluding hydrogens is 334 g/mol. The van der Waals surface area contributed by atoms with E-state index in [1.807, 2.05) is 56.3 Å². The summed E-state index contributed by atoms with van der Waals surface area (Å²) < 4.78 is 0. The number of carbonyl (C=O) groups excluding carboxylic acids is 1. The number of carboxylic acid groups (broad SMARTS) is 1. The smallest absolute Gasteiger partial charge is 0.304 e. The normalized spacial score (nSPS) is 10.5. The lowest BCUT2D eigenvalue weighted by Gasteiger charge is -2.10. The Labute approximate surface area is 152 Å². The SMILES string of the molecule is Cc1ccc(C)c(CC(=O)Nc2cccc(CSCCC(=O)O)c2)c1. The molecular formula is C20H23NO3S. The zero-order valence-electron chi connectivity index (χ0n) is 14.5. The molecule has 132 valence electrons. The van der Waals surface area contributed by atoms with E-state index in [0.717, 1.165) is 33.7 Å². The number of carbonyl (C=O) groups is 2. The monoisotopic (exact) mass is 357 g/mol. The van der Waals surface area contributed by atoms with Gasteiger partial charge in [0.05, 0.1) is 12.8 Å². The molecule has 5 heteroatoms. The van der Waals surface area contributed by atoms with Crippen molar-refractivity contribution < 1.29 is 14.7 Å². The molecule has 2 rings (SSSR count). The quantitative estimate of drug-likeness (QED) is 0.695. The zero-order valence-corrected chi connectivity index (χ0v) is 15.4. The van der Waals surface area contributed by atoms with Crippen molar-refractivity contribution in [2.45, 2.75) is 32.4 Å². The minimum absolute atomic E-state index is 0.0376. The number of aliphatic carboxylic acids is 1. The second-order valence-corrected chi connectivity index (χ2v) is 7.16. The summed E-state index contributed by atoms with van der Waals surface area (Å²) in [7, 11) is 0. The summed E-state index contributed by atoms with van der Waals surface area (Å²) in [6, 6.07) is 13.8. The predicted molar refractivity (Wildman–Crippen MR) is 103 cm³/mol. The Morgan fingerprint density at radius 1 is 1.12 bits per heavy atom. The number of anilines is 1. The van der Waals surface area contributed by atoms with Gasteiger partial charge in [-0.25, -0.2) is 0 Å². The van der Waals surface area contributed by atoms with Crippen molar-refractivity contribution in [3.8, 4) is 0 Å². The molecule has 1 amide bonds. The van der Waals surface area contributed by atoms with Crippen molar-refractivity contribution in [2.75, 3.05) is 11.1 Å². The molecule has 2 aromatic carbocycles. The fourth-order valence-corrected chi connectivity index (χ4v) is 3.34. The van der Waals surface area contributed by atoms with Gasteiger partial charge in [0.15, 0.2) is 0 Å². The van der Waals surface area contributed by atoms with Gasteiger partial charge in [-0.15, -0.1) is 0 Å². The van der Waals surface area contributed by atoms with Gasteiger partial charge in [-0.2, -0.15) is 11.8 Å². The number of nitrogens with one attached hydrogen (secondary N) is 1. The number of hydrogen-bond acceptors (Lipinski definition) is 3. The summed E-state index contributed by atoms with van der Waals surface area (Å²) in [5.41, 5.74) is 5.14. The Kier molecular flexibility index (Phi) is 7.07. The Morgan fingerprint density at radius 2 is 1.92 bits per heavy atom. The highest BCUT2D eigenvalue weighted by atomic mass is 32.2. The maximum absolute atomic E-state index is 12.3. The first kappa shape index (κ1) is 19.1. The highest BCUT2D eigenvalue weighted by Gasteiger charge is 2.07. The van der Waals surface area contributed by atoms with Crippen molar-refractivity contribution in [2.24, 2.45) is 0 Å². The minimum Gasteiger partial charge on any atom is -0.481 e. The molecule has 25 heavy (non-hydrogen) atoms. The molecule has 0 radical (unpaired) electrons. The average Bonchev–Trinajstić information content (AvgIpc) is 2.55. The lowest BCUT2D eigenvalue weighted by atomic mass is 10.0. The fourth-order valence-electron chi connectivity index (χ4n) is 2.46. The average molecular weight is 357 g/mol. The van der Waals surface area contributed by atoms with Crippen LogP contribution in [0.25, 0.3) is 0 Å². The fraction of sp³-hybridized carbons (Fsp3) is 0.300. The molecule has 0 unspecified atom stereocenters. The van der Waals surface area contributed by atoms with Gasteiger partial charge in [0.25, 0.3) is 0 Å². The van der Waals surface area contributed by atoms with Crippen LogP contribution in [0.3, 0.4) is 0 Å². The number of amides is 1. The first-order valence-electron chi connectivity index (χ1n) is 8.18. The van der Waals surface area contributed by atoms with Crippen molar-refractivity contribution in [1.82, 2.24) is 0 Å². The lowest BCUT2D eigenvalue weighted by molar-refractivity contribution is -0.136. The van der Waals surface area contributed by atoms with Gasteiger partial charge in [0, 0.05) is 17.2 Å². The van der Waals surface area contributed by atoms with E-state index < -0.39 is 5.97 Å². The largest absolute Gasteiger partial charge is 0.481 e. The standard InChI is InChI=1S/C20H23NO3S/c1-14-6-7-15(2)17(10-14)12-19(22)21-18-5-3-4-16(11-18)13-25-9-8-20(23)24/h3-7,10-11H,8-9,12-13H2,1-2H3,(H,21,22)(H,23,24). The second kappa shape index (κ2) is 9.28. The zero-order chi connectivity index (χ0) is 18.2. The van der Waals surface area contributed by atoms with Gasteiger partial charge >= 0.3 is 5.97 Å². The minimum atomic E-state index is -0.778. The predicted octanol–water partition coefficient (Wildman–Crippen LogP) is 4.19. The Bertz CT molecular complexity index is 758. The van der Waals surface area contributed by atoms with Crippen LogP contribution in [0.15, 0.2) is 42.5 Å². The number of thioether (sulfide) groups is 1. The topological polar surface area (TPSA) is 66.4 Å². The molecule has 2 aromatic rings. The van der Waals surface area contributed by atoms with Crippen LogP contribution < -0.4 is 5.32 Å². The summed E-state index contributed by atoms with van der Waals surface area (Å²) in [5.74, 6) is 0.497. The summed E-state index contributed by atoms with van der Waals surface area (Å²) in [4.78, 5) is 22.8. The van der Waals surface area contributed by atoms with E-state index in [9.17, 15) is 9.59 Å². The first-order chi connectivity index (χ1) is 11.9. The van der Waals surface area contributed by atoms with E-state index in [-0.39, 0.29) is 12.3 Å². The second-order valence-electron chi connectivity index (χ2n) is 6.05. The molecule has 0 aliphatic carbocycles. The van der Waals surface area contributed by atoms with Crippen molar-refractivity contribution in [1.29, 1.82) is 0 Å².